The number of hydrogen-bond acceptors (Lipinski definition) is 2. The highest BCUT2D eigenvalue weighted by molar-refractivity contribution is 5.85. The average molecular weight is 299 g/mol. The molecular formula is C16H27ClN2O. The fourth-order valence-corrected chi connectivity index (χ4v) is 3.87. The zero-order valence-corrected chi connectivity index (χ0v) is 13.1. The number of carbonyl (C=O) groups is 1. The van der Waals surface area contributed by atoms with Crippen molar-refractivity contribution in [1.82, 2.24) is 10.2 Å². The minimum absolute atomic E-state index is 0. The van der Waals surface area contributed by atoms with Crippen LogP contribution in [0, 0.1) is 23.2 Å². The van der Waals surface area contributed by atoms with Crippen molar-refractivity contribution >= 4 is 18.3 Å². The number of hydrogen-bond donors (Lipinski definition) is 1. The van der Waals surface area contributed by atoms with Crippen molar-refractivity contribution in [3.63, 3.8) is 0 Å². The van der Waals surface area contributed by atoms with Crippen LogP contribution in [-0.4, -0.2) is 37.0 Å². The highest BCUT2D eigenvalue weighted by atomic mass is 35.5. The molecule has 1 atom stereocenters. The highest BCUT2D eigenvalue weighted by Gasteiger charge is 2.58. The zero-order chi connectivity index (χ0) is 12.9. The SMILES string of the molecule is Cl.O=C(C1CC12CCNCC2)N(CC1CC1)CC1CC1. The molecule has 0 radical (unpaired) electrons. The molecule has 4 rings (SSSR count). The summed E-state index contributed by atoms with van der Waals surface area (Å²) < 4.78 is 0. The summed E-state index contributed by atoms with van der Waals surface area (Å²) in [6.07, 6.45) is 9.05. The Labute approximate surface area is 128 Å². The molecule has 20 heavy (non-hydrogen) atoms. The number of carbonyl (C=O) groups excluding carboxylic acids is 1. The molecular weight excluding hydrogens is 272 g/mol. The molecule has 1 spiro atoms. The summed E-state index contributed by atoms with van der Waals surface area (Å²) in [5.41, 5.74) is 0.410. The van der Waals surface area contributed by atoms with Gasteiger partial charge in [-0.2, -0.15) is 0 Å². The van der Waals surface area contributed by atoms with Gasteiger partial charge in [0, 0.05) is 19.0 Å². The monoisotopic (exact) mass is 298 g/mol. The molecule has 1 heterocycles. The second-order valence-electron chi connectivity index (χ2n) is 7.50. The summed E-state index contributed by atoms with van der Waals surface area (Å²) in [6, 6.07) is 0. The second-order valence-corrected chi connectivity index (χ2v) is 7.50. The topological polar surface area (TPSA) is 32.3 Å². The van der Waals surface area contributed by atoms with E-state index in [4.69, 9.17) is 0 Å². The summed E-state index contributed by atoms with van der Waals surface area (Å²) >= 11 is 0. The quantitative estimate of drug-likeness (QED) is 0.845. The van der Waals surface area contributed by atoms with Gasteiger partial charge in [-0.15, -0.1) is 12.4 Å². The Kier molecular flexibility index (Phi) is 4.02. The molecule has 114 valence electrons. The third-order valence-electron chi connectivity index (χ3n) is 5.75. The van der Waals surface area contributed by atoms with E-state index in [2.05, 4.69) is 10.2 Å². The van der Waals surface area contributed by atoms with Gasteiger partial charge in [0.15, 0.2) is 0 Å². The van der Waals surface area contributed by atoms with Crippen molar-refractivity contribution in [2.75, 3.05) is 26.2 Å². The Morgan fingerprint density at radius 2 is 1.60 bits per heavy atom. The van der Waals surface area contributed by atoms with Gasteiger partial charge >= 0.3 is 0 Å². The van der Waals surface area contributed by atoms with Crippen LogP contribution in [0.25, 0.3) is 0 Å². The Hall–Kier alpha value is -0.280. The van der Waals surface area contributed by atoms with Crippen LogP contribution >= 0.6 is 12.4 Å². The summed E-state index contributed by atoms with van der Waals surface area (Å²) in [6.45, 7) is 4.38. The predicted molar refractivity (Wildman–Crippen MR) is 81.9 cm³/mol. The summed E-state index contributed by atoms with van der Waals surface area (Å²) in [5, 5.41) is 3.43. The second kappa shape index (κ2) is 5.49. The van der Waals surface area contributed by atoms with Gasteiger partial charge in [-0.05, 0) is 75.3 Å². The van der Waals surface area contributed by atoms with Gasteiger partial charge in [0.2, 0.25) is 5.91 Å². The molecule has 1 amide bonds. The lowest BCUT2D eigenvalue weighted by Crippen LogP contribution is -2.38. The van der Waals surface area contributed by atoms with E-state index in [0.717, 1.165) is 38.0 Å². The third-order valence-corrected chi connectivity index (χ3v) is 5.75. The summed E-state index contributed by atoms with van der Waals surface area (Å²) in [5.74, 6) is 2.57. The first kappa shape index (κ1) is 14.6. The lowest BCUT2D eigenvalue weighted by Gasteiger charge is -2.27. The lowest BCUT2D eigenvalue weighted by molar-refractivity contribution is -0.134. The van der Waals surface area contributed by atoms with Crippen LogP contribution in [0.1, 0.15) is 44.9 Å². The van der Waals surface area contributed by atoms with Gasteiger partial charge in [0.25, 0.3) is 0 Å². The maximum Gasteiger partial charge on any atom is 0.226 e. The minimum Gasteiger partial charge on any atom is -0.342 e. The summed E-state index contributed by atoms with van der Waals surface area (Å²) in [7, 11) is 0. The molecule has 4 fully saturated rings. The van der Waals surface area contributed by atoms with Crippen molar-refractivity contribution in [2.24, 2.45) is 23.2 Å². The molecule has 4 aliphatic rings. The molecule has 3 saturated carbocycles. The van der Waals surface area contributed by atoms with Crippen molar-refractivity contribution in [2.45, 2.75) is 44.9 Å². The number of halogens is 1. The minimum atomic E-state index is 0. The number of nitrogens with zero attached hydrogens (tertiary/aromatic N) is 1. The van der Waals surface area contributed by atoms with Crippen LogP contribution in [0.15, 0.2) is 0 Å². The Bertz CT molecular complexity index is 359. The van der Waals surface area contributed by atoms with Crippen molar-refractivity contribution in [3.8, 4) is 0 Å². The molecule has 0 aromatic heterocycles. The molecule has 3 nitrogen and oxygen atoms in total. The van der Waals surface area contributed by atoms with E-state index >= 15 is 0 Å². The van der Waals surface area contributed by atoms with Crippen LogP contribution in [0.2, 0.25) is 0 Å². The molecule has 0 bridgehead atoms. The van der Waals surface area contributed by atoms with E-state index < -0.39 is 0 Å². The van der Waals surface area contributed by atoms with E-state index in [-0.39, 0.29) is 12.4 Å². The Morgan fingerprint density at radius 1 is 1.05 bits per heavy atom. The van der Waals surface area contributed by atoms with Crippen molar-refractivity contribution < 1.29 is 4.79 Å². The van der Waals surface area contributed by atoms with Gasteiger partial charge < -0.3 is 10.2 Å². The number of amides is 1. The van der Waals surface area contributed by atoms with E-state index in [0.29, 0.717) is 17.2 Å². The molecule has 1 N–H and O–H groups in total. The van der Waals surface area contributed by atoms with Crippen LogP contribution in [0.3, 0.4) is 0 Å². The molecule has 1 saturated heterocycles. The van der Waals surface area contributed by atoms with Crippen LogP contribution in [0.4, 0.5) is 0 Å². The standard InChI is InChI=1S/C16H26N2O.ClH/c19-15(14-9-16(14)5-7-17-8-6-16)18(10-12-1-2-12)11-13-3-4-13;/h12-14,17H,1-11H2;1H. The van der Waals surface area contributed by atoms with Gasteiger partial charge in [-0.3, -0.25) is 4.79 Å². The smallest absolute Gasteiger partial charge is 0.226 e. The highest BCUT2D eigenvalue weighted by Crippen LogP contribution is 2.59. The van der Waals surface area contributed by atoms with E-state index in [1.54, 1.807) is 0 Å². The fraction of sp³-hybridized carbons (Fsp3) is 0.938. The predicted octanol–water partition coefficient (Wildman–Crippen LogP) is 2.45. The van der Waals surface area contributed by atoms with E-state index in [9.17, 15) is 4.79 Å². The van der Waals surface area contributed by atoms with Crippen LogP contribution < -0.4 is 5.32 Å². The molecule has 4 heteroatoms. The molecule has 3 aliphatic carbocycles. The first-order chi connectivity index (χ1) is 9.27. The maximum atomic E-state index is 12.8. The molecule has 1 unspecified atom stereocenters. The fourth-order valence-electron chi connectivity index (χ4n) is 3.87. The number of nitrogens with one attached hydrogen (secondary N) is 1. The number of rotatable bonds is 5. The Morgan fingerprint density at radius 3 is 2.10 bits per heavy atom. The first-order valence-corrected chi connectivity index (χ1v) is 8.26. The van der Waals surface area contributed by atoms with Gasteiger partial charge in [-0.1, -0.05) is 0 Å². The molecule has 0 aromatic carbocycles. The number of piperidine rings is 1. The largest absolute Gasteiger partial charge is 0.342 e. The van der Waals surface area contributed by atoms with Crippen LogP contribution in [-0.2, 0) is 4.79 Å². The Balaban J connectivity index is 0.00000121. The normalized spacial score (nSPS) is 30.7. The van der Waals surface area contributed by atoms with E-state index in [1.807, 2.05) is 0 Å². The average Bonchev–Trinajstić information content (AvgIpc) is 3.26. The molecule has 0 aromatic rings. The van der Waals surface area contributed by atoms with Crippen molar-refractivity contribution in [1.29, 1.82) is 0 Å². The molecule has 1 aliphatic heterocycles. The van der Waals surface area contributed by atoms with Gasteiger partial charge in [0.1, 0.15) is 0 Å². The van der Waals surface area contributed by atoms with Crippen molar-refractivity contribution in [3.05, 3.63) is 0 Å². The van der Waals surface area contributed by atoms with Gasteiger partial charge in [0.05, 0.1) is 0 Å². The van der Waals surface area contributed by atoms with Crippen LogP contribution in [0.5, 0.6) is 0 Å². The summed E-state index contributed by atoms with van der Waals surface area (Å²) in [4.78, 5) is 15.1. The zero-order valence-electron chi connectivity index (χ0n) is 12.3. The van der Waals surface area contributed by atoms with E-state index in [1.165, 1.54) is 44.9 Å². The lowest BCUT2D eigenvalue weighted by atomic mass is 9.91. The maximum absolute atomic E-state index is 12.8. The van der Waals surface area contributed by atoms with Gasteiger partial charge in [-0.25, -0.2) is 0 Å². The third kappa shape index (κ3) is 2.99. The first-order valence-electron chi connectivity index (χ1n) is 8.26.